The van der Waals surface area contributed by atoms with Gasteiger partial charge in [0.25, 0.3) is 0 Å². The highest BCUT2D eigenvalue weighted by molar-refractivity contribution is 5.83. The molecule has 3 N–H and O–H groups in total. The van der Waals surface area contributed by atoms with Crippen LogP contribution in [0.1, 0.15) is 5.56 Å². The van der Waals surface area contributed by atoms with Crippen LogP contribution in [0.5, 0.6) is 5.75 Å². The van der Waals surface area contributed by atoms with E-state index in [1.165, 1.54) is 5.56 Å². The average molecular weight is 362 g/mol. The van der Waals surface area contributed by atoms with Crippen molar-refractivity contribution in [2.45, 2.75) is 6.42 Å². The molecule has 0 unspecified atom stereocenters. The highest BCUT2D eigenvalue weighted by Crippen LogP contribution is 2.20. The molecule has 0 saturated heterocycles. The molecule has 3 heterocycles. The maximum absolute atomic E-state index is 5.18. The zero-order chi connectivity index (χ0) is 18.5. The van der Waals surface area contributed by atoms with Gasteiger partial charge in [-0.1, -0.05) is 12.1 Å². The maximum atomic E-state index is 5.18. The molecule has 1 aromatic carbocycles. The van der Waals surface area contributed by atoms with Crippen LogP contribution in [0, 0.1) is 0 Å². The van der Waals surface area contributed by atoms with E-state index >= 15 is 0 Å². The maximum Gasteiger partial charge on any atom is 0.233 e. The number of ether oxygens (including phenoxy) is 1. The first-order chi connectivity index (χ1) is 13.3. The Balaban J connectivity index is 1.49. The summed E-state index contributed by atoms with van der Waals surface area (Å²) in [7, 11) is 1.66. The van der Waals surface area contributed by atoms with E-state index in [1.54, 1.807) is 31.9 Å². The van der Waals surface area contributed by atoms with Gasteiger partial charge in [-0.3, -0.25) is 5.32 Å². The quantitative estimate of drug-likeness (QED) is 0.460. The first-order valence-electron chi connectivity index (χ1n) is 8.44. The molecule has 0 atom stereocenters. The molecule has 0 spiro atoms. The molecule has 4 rings (SSSR count). The zero-order valence-electron chi connectivity index (χ0n) is 14.7. The third-order valence-electron chi connectivity index (χ3n) is 3.94. The van der Waals surface area contributed by atoms with Gasteiger partial charge in [0.15, 0.2) is 11.5 Å². The van der Waals surface area contributed by atoms with Crippen molar-refractivity contribution in [3.05, 3.63) is 54.6 Å². The first kappa shape index (κ1) is 16.7. The van der Waals surface area contributed by atoms with E-state index < -0.39 is 0 Å². The molecular weight excluding hydrogens is 344 g/mol. The first-order valence-corrected chi connectivity index (χ1v) is 8.44. The van der Waals surface area contributed by atoms with Crippen LogP contribution < -0.4 is 15.4 Å². The lowest BCUT2D eigenvalue weighted by Gasteiger charge is -2.09. The van der Waals surface area contributed by atoms with Crippen LogP contribution in [0.3, 0.4) is 0 Å². The summed E-state index contributed by atoms with van der Waals surface area (Å²) in [6, 6.07) is 9.75. The molecule has 0 fully saturated rings. The molecule has 0 bridgehead atoms. The Kier molecular flexibility index (Phi) is 4.73. The molecule has 27 heavy (non-hydrogen) atoms. The van der Waals surface area contributed by atoms with Gasteiger partial charge in [0.1, 0.15) is 11.3 Å². The third kappa shape index (κ3) is 3.92. The summed E-state index contributed by atoms with van der Waals surface area (Å²) in [4.78, 5) is 24.4. The monoisotopic (exact) mass is 362 g/mol. The van der Waals surface area contributed by atoms with Gasteiger partial charge in [-0.25, -0.2) is 15.0 Å². The standard InChI is InChI=1S/C18H18N8O/c1-27-13-5-3-12(4-6-13)7-10-19-15-14-16(23-11-22-14)25-18(24-15)26-17-20-8-2-9-21-17/h2-6,8-9,11H,7,10H2,1H3,(H3,19,20,21,22,23,24,25,26). The van der Waals surface area contributed by atoms with Crippen molar-refractivity contribution >= 4 is 28.9 Å². The molecule has 3 aromatic heterocycles. The molecule has 0 radical (unpaired) electrons. The number of fused-ring (bicyclic) bond motifs is 1. The largest absolute Gasteiger partial charge is 0.497 e. The molecule has 0 aliphatic carbocycles. The molecule has 9 nitrogen and oxygen atoms in total. The number of H-pyrrole nitrogens is 1. The number of rotatable bonds is 7. The van der Waals surface area contributed by atoms with Crippen LogP contribution in [-0.4, -0.2) is 43.6 Å². The van der Waals surface area contributed by atoms with E-state index in [1.807, 2.05) is 24.3 Å². The number of hydrogen-bond donors (Lipinski definition) is 3. The summed E-state index contributed by atoms with van der Waals surface area (Å²) in [6.07, 6.45) is 5.73. The number of nitrogens with one attached hydrogen (secondary N) is 3. The summed E-state index contributed by atoms with van der Waals surface area (Å²) < 4.78 is 5.18. The number of aromatic amines is 1. The summed E-state index contributed by atoms with van der Waals surface area (Å²) in [5, 5.41) is 6.34. The molecule has 0 saturated carbocycles. The number of hydrogen-bond acceptors (Lipinski definition) is 8. The number of anilines is 3. The van der Waals surface area contributed by atoms with Gasteiger partial charge in [-0.05, 0) is 30.2 Å². The van der Waals surface area contributed by atoms with Crippen molar-refractivity contribution < 1.29 is 4.74 Å². The number of nitrogens with zero attached hydrogens (tertiary/aromatic N) is 5. The minimum atomic E-state index is 0.382. The molecule has 0 amide bonds. The van der Waals surface area contributed by atoms with Gasteiger partial charge in [0.05, 0.1) is 13.4 Å². The van der Waals surface area contributed by atoms with Crippen molar-refractivity contribution in [2.24, 2.45) is 0 Å². The van der Waals surface area contributed by atoms with Gasteiger partial charge < -0.3 is 15.0 Å². The molecule has 9 heteroatoms. The van der Waals surface area contributed by atoms with Gasteiger partial charge in [0.2, 0.25) is 11.9 Å². The van der Waals surface area contributed by atoms with Crippen LogP contribution in [0.4, 0.5) is 17.7 Å². The van der Waals surface area contributed by atoms with E-state index in [9.17, 15) is 0 Å². The van der Waals surface area contributed by atoms with Crippen LogP contribution in [0.15, 0.2) is 49.1 Å². The van der Waals surface area contributed by atoms with Crippen LogP contribution in [-0.2, 0) is 6.42 Å². The normalized spacial score (nSPS) is 10.7. The smallest absolute Gasteiger partial charge is 0.233 e. The minimum absolute atomic E-state index is 0.382. The SMILES string of the molecule is COc1ccc(CCNc2nc(Nc3ncccn3)nc3nc[nH]c23)cc1. The second-order valence-corrected chi connectivity index (χ2v) is 5.72. The summed E-state index contributed by atoms with van der Waals surface area (Å²) >= 11 is 0. The molecule has 0 aliphatic heterocycles. The summed E-state index contributed by atoms with van der Waals surface area (Å²) in [5.41, 5.74) is 2.52. The predicted octanol–water partition coefficient (Wildman–Crippen LogP) is 2.55. The summed E-state index contributed by atoms with van der Waals surface area (Å²) in [6.45, 7) is 0.707. The van der Waals surface area contributed by atoms with Gasteiger partial charge in [-0.15, -0.1) is 0 Å². The van der Waals surface area contributed by atoms with Crippen LogP contribution in [0.25, 0.3) is 11.2 Å². The fourth-order valence-corrected chi connectivity index (χ4v) is 2.60. The second kappa shape index (κ2) is 7.65. The van der Waals surface area contributed by atoms with Crippen molar-refractivity contribution in [1.82, 2.24) is 29.9 Å². The van der Waals surface area contributed by atoms with Crippen LogP contribution in [0.2, 0.25) is 0 Å². The highest BCUT2D eigenvalue weighted by Gasteiger charge is 2.10. The fraction of sp³-hybridized carbons (Fsp3) is 0.167. The second-order valence-electron chi connectivity index (χ2n) is 5.72. The lowest BCUT2D eigenvalue weighted by Crippen LogP contribution is -2.09. The van der Waals surface area contributed by atoms with E-state index in [0.717, 1.165) is 17.7 Å². The topological polar surface area (TPSA) is 114 Å². The number of benzene rings is 1. The lowest BCUT2D eigenvalue weighted by atomic mass is 10.1. The Morgan fingerprint density at radius 1 is 1.00 bits per heavy atom. The van der Waals surface area contributed by atoms with Gasteiger partial charge >= 0.3 is 0 Å². The average Bonchev–Trinajstić information content (AvgIpc) is 3.18. The van der Waals surface area contributed by atoms with Crippen molar-refractivity contribution in [3.8, 4) is 5.75 Å². The number of methoxy groups -OCH3 is 1. The van der Waals surface area contributed by atoms with Gasteiger partial charge in [-0.2, -0.15) is 9.97 Å². The van der Waals surface area contributed by atoms with E-state index in [2.05, 4.69) is 40.5 Å². The fourth-order valence-electron chi connectivity index (χ4n) is 2.60. The van der Waals surface area contributed by atoms with Gasteiger partial charge in [0, 0.05) is 18.9 Å². The van der Waals surface area contributed by atoms with Crippen molar-refractivity contribution in [1.29, 1.82) is 0 Å². The Bertz CT molecular complexity index is 1020. The summed E-state index contributed by atoms with van der Waals surface area (Å²) in [5.74, 6) is 2.33. The molecule has 136 valence electrons. The predicted molar refractivity (Wildman–Crippen MR) is 102 cm³/mol. The number of imidazole rings is 1. The molecule has 4 aromatic rings. The Morgan fingerprint density at radius 3 is 2.59 bits per heavy atom. The van der Waals surface area contributed by atoms with E-state index in [0.29, 0.717) is 29.9 Å². The van der Waals surface area contributed by atoms with E-state index in [4.69, 9.17) is 4.74 Å². The Hall–Kier alpha value is -3.75. The molecular formula is C18H18N8O. The van der Waals surface area contributed by atoms with Crippen LogP contribution >= 0.6 is 0 Å². The Labute approximate surface area is 155 Å². The van der Waals surface area contributed by atoms with Crippen molar-refractivity contribution in [3.63, 3.8) is 0 Å². The molecule has 0 aliphatic rings. The zero-order valence-corrected chi connectivity index (χ0v) is 14.7. The Morgan fingerprint density at radius 2 is 1.81 bits per heavy atom. The van der Waals surface area contributed by atoms with E-state index in [-0.39, 0.29) is 0 Å². The third-order valence-corrected chi connectivity index (χ3v) is 3.94. The minimum Gasteiger partial charge on any atom is -0.497 e. The lowest BCUT2D eigenvalue weighted by molar-refractivity contribution is 0.414. The highest BCUT2D eigenvalue weighted by atomic mass is 16.5. The number of aromatic nitrogens is 6. The van der Waals surface area contributed by atoms with Crippen molar-refractivity contribution in [2.75, 3.05) is 24.3 Å².